The van der Waals surface area contributed by atoms with Gasteiger partial charge in [0.2, 0.25) is 0 Å². The van der Waals surface area contributed by atoms with Gasteiger partial charge in [0.1, 0.15) is 47.9 Å². The fourth-order valence-electron chi connectivity index (χ4n) is 5.81. The Hall–Kier alpha value is -5.18. The monoisotopic (exact) mass is 686 g/mol. The number of carbonyl (C=O) groups excluding carboxylic acids is 6. The molecule has 0 aliphatic carbocycles. The van der Waals surface area contributed by atoms with Crippen LogP contribution in [0.25, 0.3) is 0 Å². The minimum Gasteiger partial charge on any atom is -0.496 e. The third kappa shape index (κ3) is 9.04. The SMILES string of the molecule is COc1cc(OC(C)=O)c2c(c1[C@@H]1O[C@H](COC(C)=O)[C@@H](OC(C)=O)[C@H](OC(C)=O)[C@H]1OC(C)=O)OC(c1ccc(OC(C)=O)cc1)CC2. The summed E-state index contributed by atoms with van der Waals surface area (Å²) in [6.07, 6.45) is -6.70. The van der Waals surface area contributed by atoms with Gasteiger partial charge in [0.05, 0.1) is 12.7 Å². The van der Waals surface area contributed by atoms with E-state index in [1.54, 1.807) is 24.3 Å². The Labute approximate surface area is 281 Å². The van der Waals surface area contributed by atoms with E-state index in [1.165, 1.54) is 33.9 Å². The molecule has 0 radical (unpaired) electrons. The smallest absolute Gasteiger partial charge is 0.308 e. The molecule has 1 fully saturated rings. The van der Waals surface area contributed by atoms with Gasteiger partial charge in [-0.15, -0.1) is 0 Å². The van der Waals surface area contributed by atoms with Gasteiger partial charge in [0.25, 0.3) is 0 Å². The summed E-state index contributed by atoms with van der Waals surface area (Å²) in [7, 11) is 1.35. The van der Waals surface area contributed by atoms with Crippen LogP contribution in [0.3, 0.4) is 0 Å². The van der Waals surface area contributed by atoms with Gasteiger partial charge in [-0.3, -0.25) is 28.8 Å². The predicted octanol–water partition coefficient (Wildman–Crippen LogP) is 3.41. The average molecular weight is 687 g/mol. The summed E-state index contributed by atoms with van der Waals surface area (Å²) in [5.74, 6) is -3.36. The molecular weight excluding hydrogens is 648 g/mol. The molecule has 2 aromatic rings. The molecule has 49 heavy (non-hydrogen) atoms. The van der Waals surface area contributed by atoms with Crippen LogP contribution in [0.5, 0.6) is 23.0 Å². The number of esters is 6. The molecule has 0 aromatic heterocycles. The first-order chi connectivity index (χ1) is 23.2. The highest BCUT2D eigenvalue weighted by Crippen LogP contribution is 2.52. The zero-order valence-corrected chi connectivity index (χ0v) is 28.1. The molecule has 1 unspecified atom stereocenters. The first kappa shape index (κ1) is 36.7. The Kier molecular flexibility index (Phi) is 11.8. The van der Waals surface area contributed by atoms with Crippen LogP contribution in [-0.4, -0.2) is 73.9 Å². The molecule has 2 aromatic carbocycles. The fraction of sp³-hybridized carbons (Fsp3) is 0.471. The second-order valence-corrected chi connectivity index (χ2v) is 11.3. The van der Waals surface area contributed by atoms with E-state index in [0.717, 1.165) is 20.8 Å². The zero-order chi connectivity index (χ0) is 36.0. The summed E-state index contributed by atoms with van der Waals surface area (Å²) in [4.78, 5) is 72.6. The van der Waals surface area contributed by atoms with Crippen LogP contribution in [0, 0.1) is 0 Å². The molecule has 4 rings (SSSR count). The highest BCUT2D eigenvalue weighted by Gasteiger charge is 2.54. The Morgan fingerprint density at radius 3 is 1.86 bits per heavy atom. The van der Waals surface area contributed by atoms with E-state index in [9.17, 15) is 28.8 Å². The molecule has 0 bridgehead atoms. The van der Waals surface area contributed by atoms with Gasteiger partial charge in [-0.25, -0.2) is 0 Å². The molecule has 0 saturated carbocycles. The largest absolute Gasteiger partial charge is 0.496 e. The molecule has 15 nitrogen and oxygen atoms in total. The third-order valence-corrected chi connectivity index (χ3v) is 7.52. The minimum atomic E-state index is -1.45. The van der Waals surface area contributed by atoms with E-state index in [-0.39, 0.29) is 22.8 Å². The van der Waals surface area contributed by atoms with Crippen molar-refractivity contribution < 1.29 is 71.4 Å². The lowest BCUT2D eigenvalue weighted by atomic mass is 9.86. The molecule has 2 heterocycles. The van der Waals surface area contributed by atoms with Gasteiger partial charge < -0.3 is 42.6 Å². The van der Waals surface area contributed by atoms with Crippen LogP contribution >= 0.6 is 0 Å². The van der Waals surface area contributed by atoms with E-state index in [4.69, 9.17) is 42.6 Å². The maximum atomic E-state index is 12.5. The maximum Gasteiger partial charge on any atom is 0.308 e. The van der Waals surface area contributed by atoms with Gasteiger partial charge in [0, 0.05) is 53.2 Å². The Morgan fingerprint density at radius 1 is 0.714 bits per heavy atom. The van der Waals surface area contributed by atoms with Gasteiger partial charge in [-0.05, 0) is 30.5 Å². The van der Waals surface area contributed by atoms with Gasteiger partial charge in [0.15, 0.2) is 18.3 Å². The summed E-state index contributed by atoms with van der Waals surface area (Å²) in [6.45, 7) is 6.64. The van der Waals surface area contributed by atoms with Crippen LogP contribution in [0.1, 0.15) is 76.9 Å². The Bertz CT molecular complexity index is 1600. The first-order valence-electron chi connectivity index (χ1n) is 15.4. The van der Waals surface area contributed by atoms with E-state index in [2.05, 4.69) is 0 Å². The average Bonchev–Trinajstić information content (AvgIpc) is 3.01. The number of rotatable bonds is 10. The highest BCUT2D eigenvalue weighted by molar-refractivity contribution is 5.73. The van der Waals surface area contributed by atoms with Crippen LogP contribution in [-0.2, 0) is 58.9 Å². The number of hydrogen-bond donors (Lipinski definition) is 0. The molecule has 0 amide bonds. The summed E-state index contributed by atoms with van der Waals surface area (Å²) < 4.78 is 51.6. The number of carbonyl (C=O) groups is 6. The summed E-state index contributed by atoms with van der Waals surface area (Å²) in [5, 5.41) is 0. The zero-order valence-electron chi connectivity index (χ0n) is 28.1. The second kappa shape index (κ2) is 15.8. The van der Waals surface area contributed by atoms with E-state index >= 15 is 0 Å². The normalized spacial score (nSPS) is 22.7. The van der Waals surface area contributed by atoms with Crippen LogP contribution in [0.15, 0.2) is 30.3 Å². The molecule has 2 aliphatic heterocycles. The predicted molar refractivity (Wildman–Crippen MR) is 165 cm³/mol. The van der Waals surface area contributed by atoms with Crippen molar-refractivity contribution in [3.05, 3.63) is 47.0 Å². The standard InChI is InChI=1S/C34H38O15/c1-16(35)42-15-28-31(45-19(4)38)33(46-20(5)39)34(47-21(6)40)32(49-28)29-27(41-7)14-26(44-18(3)37)24-12-13-25(48-30(24)29)22-8-10-23(11-9-22)43-17(2)36/h8-11,14,25,28,31-34H,12-13,15H2,1-7H3/t25?,28-,31-,32+,33+,34+/m1/s1. The molecule has 6 atom stereocenters. The molecule has 1 saturated heterocycles. The molecule has 15 heteroatoms. The van der Waals surface area contributed by atoms with Crippen molar-refractivity contribution in [2.75, 3.05) is 13.7 Å². The van der Waals surface area contributed by atoms with Crippen molar-refractivity contribution in [3.63, 3.8) is 0 Å². The van der Waals surface area contributed by atoms with Crippen LogP contribution in [0.2, 0.25) is 0 Å². The first-order valence-corrected chi connectivity index (χ1v) is 15.4. The minimum absolute atomic E-state index is 0.0850. The van der Waals surface area contributed by atoms with E-state index in [1.807, 2.05) is 0 Å². The summed E-state index contributed by atoms with van der Waals surface area (Å²) >= 11 is 0. The number of hydrogen-bond acceptors (Lipinski definition) is 15. The van der Waals surface area contributed by atoms with E-state index in [0.29, 0.717) is 29.7 Å². The van der Waals surface area contributed by atoms with Crippen molar-refractivity contribution in [1.82, 2.24) is 0 Å². The van der Waals surface area contributed by atoms with Gasteiger partial charge in [-0.1, -0.05) is 12.1 Å². The number of benzene rings is 2. The van der Waals surface area contributed by atoms with Gasteiger partial charge >= 0.3 is 35.8 Å². The number of fused-ring (bicyclic) bond motifs is 1. The third-order valence-electron chi connectivity index (χ3n) is 7.52. The molecule has 0 spiro atoms. The molecular formula is C34H38O15. The molecule has 2 aliphatic rings. The Morgan fingerprint density at radius 2 is 1.31 bits per heavy atom. The number of methoxy groups -OCH3 is 1. The van der Waals surface area contributed by atoms with Gasteiger partial charge in [-0.2, -0.15) is 0 Å². The lowest BCUT2D eigenvalue weighted by Gasteiger charge is -2.45. The lowest BCUT2D eigenvalue weighted by molar-refractivity contribution is -0.255. The van der Waals surface area contributed by atoms with Crippen LogP contribution in [0.4, 0.5) is 0 Å². The summed E-state index contributed by atoms with van der Waals surface area (Å²) in [6, 6.07) is 8.16. The lowest BCUT2D eigenvalue weighted by Crippen LogP contribution is -2.59. The quantitative estimate of drug-likeness (QED) is 0.201. The molecule has 0 N–H and O–H groups in total. The van der Waals surface area contributed by atoms with Crippen molar-refractivity contribution in [2.24, 2.45) is 0 Å². The summed E-state index contributed by atoms with van der Waals surface area (Å²) in [5.41, 5.74) is 1.37. The topological polar surface area (TPSA) is 185 Å². The maximum absolute atomic E-state index is 12.5. The van der Waals surface area contributed by atoms with Crippen molar-refractivity contribution >= 4 is 35.8 Å². The second-order valence-electron chi connectivity index (χ2n) is 11.3. The van der Waals surface area contributed by atoms with Crippen LogP contribution < -0.4 is 18.9 Å². The van der Waals surface area contributed by atoms with Crippen molar-refractivity contribution in [3.8, 4) is 23.0 Å². The highest BCUT2D eigenvalue weighted by atomic mass is 16.7. The molecule has 264 valence electrons. The Balaban J connectivity index is 1.92. The van der Waals surface area contributed by atoms with E-state index < -0.39 is 79.0 Å². The number of ether oxygens (including phenoxy) is 9. The van der Waals surface area contributed by atoms with Crippen molar-refractivity contribution in [1.29, 1.82) is 0 Å². The van der Waals surface area contributed by atoms with Crippen molar-refractivity contribution in [2.45, 2.75) is 91.0 Å². The fourth-order valence-corrected chi connectivity index (χ4v) is 5.81.